The van der Waals surface area contributed by atoms with Crippen molar-refractivity contribution in [1.29, 1.82) is 0 Å². The van der Waals surface area contributed by atoms with Crippen molar-refractivity contribution in [1.82, 2.24) is 9.66 Å². The number of hydrogen-bond donors (Lipinski definition) is 0. The molecule has 0 saturated carbocycles. The lowest BCUT2D eigenvalue weighted by molar-refractivity contribution is -0.385. The van der Waals surface area contributed by atoms with E-state index in [4.69, 9.17) is 9.47 Å². The van der Waals surface area contributed by atoms with Crippen LogP contribution in [0.25, 0.3) is 28.4 Å². The first-order chi connectivity index (χ1) is 21.2. The molecule has 13 nitrogen and oxygen atoms in total. The molecule has 0 aliphatic heterocycles. The highest BCUT2D eigenvalue weighted by atomic mass is 16.6. The van der Waals surface area contributed by atoms with Crippen molar-refractivity contribution in [3.8, 4) is 22.9 Å². The lowest BCUT2D eigenvalue weighted by atomic mass is 10.1. The van der Waals surface area contributed by atoms with E-state index in [1.54, 1.807) is 36.4 Å². The standard InChI is InChI=1S/C31H21N5O8/c1-43-28-18-21(8-16-27(28)44-29(37)17-9-20-6-12-23(13-7-20)35(39)40)19-32-34-30(22-10-14-24(15-11-22)36(41)42)33-26-5-3-2-4-25(26)31(34)38/h2-19H,1H3/b17-9+,32-19?. The molecule has 0 N–H and O–H groups in total. The van der Waals surface area contributed by atoms with Crippen molar-refractivity contribution >= 4 is 40.5 Å². The fourth-order valence-electron chi connectivity index (χ4n) is 4.14. The molecular weight excluding hydrogens is 570 g/mol. The first-order valence-electron chi connectivity index (χ1n) is 12.9. The van der Waals surface area contributed by atoms with Gasteiger partial charge in [0.2, 0.25) is 0 Å². The highest BCUT2D eigenvalue weighted by molar-refractivity contribution is 5.89. The number of non-ortho nitro benzene ring substituents is 2. The predicted octanol–water partition coefficient (Wildman–Crippen LogP) is 5.39. The Morgan fingerprint density at radius 1 is 0.864 bits per heavy atom. The van der Waals surface area contributed by atoms with Gasteiger partial charge in [0, 0.05) is 35.9 Å². The molecule has 13 heteroatoms. The zero-order chi connectivity index (χ0) is 31.2. The Balaban J connectivity index is 1.41. The van der Waals surface area contributed by atoms with E-state index in [2.05, 4.69) is 10.1 Å². The summed E-state index contributed by atoms with van der Waals surface area (Å²) in [6.45, 7) is 0. The number of fused-ring (bicyclic) bond motifs is 1. The van der Waals surface area contributed by atoms with Crippen molar-refractivity contribution in [3.05, 3.63) is 139 Å². The molecule has 0 spiro atoms. The Labute approximate surface area is 248 Å². The van der Waals surface area contributed by atoms with E-state index in [-0.39, 0.29) is 28.7 Å². The molecule has 0 atom stereocenters. The maximum Gasteiger partial charge on any atom is 0.336 e. The second-order valence-corrected chi connectivity index (χ2v) is 9.13. The number of carbonyl (C=O) groups is 1. The second-order valence-electron chi connectivity index (χ2n) is 9.13. The molecule has 5 aromatic rings. The third kappa shape index (κ3) is 6.36. The van der Waals surface area contributed by atoms with Gasteiger partial charge < -0.3 is 9.47 Å². The Hall–Kier alpha value is -6.50. The van der Waals surface area contributed by atoms with E-state index in [0.29, 0.717) is 27.6 Å². The number of hydrogen-bond acceptors (Lipinski definition) is 10. The molecule has 0 fully saturated rings. The van der Waals surface area contributed by atoms with Crippen molar-refractivity contribution < 1.29 is 24.1 Å². The van der Waals surface area contributed by atoms with Gasteiger partial charge in [-0.25, -0.2) is 9.78 Å². The van der Waals surface area contributed by atoms with Crippen LogP contribution in [0.2, 0.25) is 0 Å². The van der Waals surface area contributed by atoms with Crippen LogP contribution in [-0.2, 0) is 4.79 Å². The van der Waals surface area contributed by atoms with Gasteiger partial charge in [0.25, 0.3) is 16.9 Å². The average Bonchev–Trinajstić information content (AvgIpc) is 3.04. The molecule has 0 aliphatic rings. The summed E-state index contributed by atoms with van der Waals surface area (Å²) in [6, 6.07) is 22.7. The first-order valence-corrected chi connectivity index (χ1v) is 12.9. The number of benzene rings is 4. The van der Waals surface area contributed by atoms with Crippen LogP contribution in [0.4, 0.5) is 11.4 Å². The third-order valence-corrected chi connectivity index (χ3v) is 6.33. The quantitative estimate of drug-likeness (QED) is 0.0545. The van der Waals surface area contributed by atoms with E-state index in [1.165, 1.54) is 80.1 Å². The van der Waals surface area contributed by atoms with E-state index in [1.807, 2.05) is 0 Å². The summed E-state index contributed by atoms with van der Waals surface area (Å²) in [5, 5.41) is 26.6. The van der Waals surface area contributed by atoms with Gasteiger partial charge in [0.1, 0.15) is 0 Å². The molecule has 5 rings (SSSR count). The number of esters is 1. The first kappa shape index (κ1) is 29.0. The van der Waals surface area contributed by atoms with E-state index in [9.17, 15) is 29.8 Å². The Bertz CT molecular complexity index is 2020. The van der Waals surface area contributed by atoms with Crippen LogP contribution in [0.15, 0.2) is 107 Å². The Kier molecular flexibility index (Phi) is 8.29. The van der Waals surface area contributed by atoms with E-state index >= 15 is 0 Å². The summed E-state index contributed by atoms with van der Waals surface area (Å²) in [5.74, 6) is -0.188. The third-order valence-electron chi connectivity index (χ3n) is 6.33. The smallest absolute Gasteiger partial charge is 0.336 e. The van der Waals surface area contributed by atoms with E-state index in [0.717, 1.165) is 4.68 Å². The van der Waals surface area contributed by atoms with Gasteiger partial charge in [-0.05, 0) is 71.8 Å². The van der Waals surface area contributed by atoms with Crippen molar-refractivity contribution in [3.63, 3.8) is 0 Å². The van der Waals surface area contributed by atoms with Crippen LogP contribution in [0.5, 0.6) is 11.5 Å². The Morgan fingerprint density at radius 3 is 2.16 bits per heavy atom. The number of nitro groups is 2. The SMILES string of the molecule is COc1cc(C=Nn2c(-c3ccc([N+](=O)[O-])cc3)nc3ccccc3c2=O)ccc1OC(=O)/C=C/c1ccc([N+](=O)[O-])cc1. The molecule has 0 bridgehead atoms. The van der Waals surface area contributed by atoms with Gasteiger partial charge in [-0.2, -0.15) is 9.78 Å². The van der Waals surface area contributed by atoms with Crippen molar-refractivity contribution in [2.75, 3.05) is 7.11 Å². The van der Waals surface area contributed by atoms with Crippen LogP contribution in [0.3, 0.4) is 0 Å². The number of methoxy groups -OCH3 is 1. The molecular formula is C31H21N5O8. The molecule has 1 heterocycles. The van der Waals surface area contributed by atoms with Gasteiger partial charge in [0.05, 0.1) is 34.1 Å². The van der Waals surface area contributed by atoms with Gasteiger partial charge in [-0.1, -0.05) is 12.1 Å². The lowest BCUT2D eigenvalue weighted by Crippen LogP contribution is -2.20. The van der Waals surface area contributed by atoms with Crippen LogP contribution in [0.1, 0.15) is 11.1 Å². The fourth-order valence-corrected chi connectivity index (χ4v) is 4.14. The van der Waals surface area contributed by atoms with Gasteiger partial charge in [0.15, 0.2) is 17.3 Å². The predicted molar refractivity (Wildman–Crippen MR) is 162 cm³/mol. The summed E-state index contributed by atoms with van der Waals surface area (Å²) in [5.41, 5.74) is 1.32. The minimum atomic E-state index is -0.704. The molecule has 0 amide bonds. The van der Waals surface area contributed by atoms with Gasteiger partial charge in [-0.15, -0.1) is 0 Å². The van der Waals surface area contributed by atoms with Crippen LogP contribution in [-0.4, -0.2) is 38.8 Å². The number of para-hydroxylation sites is 1. The molecule has 0 saturated heterocycles. The van der Waals surface area contributed by atoms with E-state index < -0.39 is 21.4 Å². The maximum absolute atomic E-state index is 13.4. The highest BCUT2D eigenvalue weighted by Gasteiger charge is 2.15. The summed E-state index contributed by atoms with van der Waals surface area (Å²) >= 11 is 0. The minimum Gasteiger partial charge on any atom is -0.493 e. The molecule has 0 unspecified atom stereocenters. The minimum absolute atomic E-state index is 0.0672. The number of nitro benzene ring substituents is 2. The molecule has 0 aliphatic carbocycles. The summed E-state index contributed by atoms with van der Waals surface area (Å²) in [6.07, 6.45) is 4.03. The fraction of sp³-hybridized carbons (Fsp3) is 0.0323. The second kappa shape index (κ2) is 12.6. The molecule has 1 aromatic heterocycles. The summed E-state index contributed by atoms with van der Waals surface area (Å²) in [4.78, 5) is 51.3. The molecule has 44 heavy (non-hydrogen) atoms. The van der Waals surface area contributed by atoms with Gasteiger partial charge in [-0.3, -0.25) is 25.0 Å². The van der Waals surface area contributed by atoms with Crippen LogP contribution < -0.4 is 15.0 Å². The molecule has 0 radical (unpaired) electrons. The molecule has 218 valence electrons. The number of carbonyl (C=O) groups excluding carboxylic acids is 1. The average molecular weight is 592 g/mol. The number of aromatic nitrogens is 2. The number of rotatable bonds is 9. The number of ether oxygens (including phenoxy) is 2. The lowest BCUT2D eigenvalue weighted by Gasteiger charge is -2.10. The normalized spacial score (nSPS) is 11.2. The maximum atomic E-state index is 13.4. The summed E-state index contributed by atoms with van der Waals surface area (Å²) < 4.78 is 11.9. The Morgan fingerprint density at radius 2 is 1.50 bits per heavy atom. The van der Waals surface area contributed by atoms with Crippen molar-refractivity contribution in [2.45, 2.75) is 0 Å². The largest absolute Gasteiger partial charge is 0.493 e. The van der Waals surface area contributed by atoms with Crippen LogP contribution in [0, 0.1) is 20.2 Å². The van der Waals surface area contributed by atoms with Crippen LogP contribution >= 0.6 is 0 Å². The number of nitrogens with zero attached hydrogens (tertiary/aromatic N) is 5. The topological polar surface area (TPSA) is 169 Å². The van der Waals surface area contributed by atoms with Crippen molar-refractivity contribution in [2.24, 2.45) is 5.10 Å². The molecule has 4 aromatic carbocycles. The zero-order valence-corrected chi connectivity index (χ0v) is 22.9. The highest BCUT2D eigenvalue weighted by Crippen LogP contribution is 2.28. The summed E-state index contributed by atoms with van der Waals surface area (Å²) in [7, 11) is 1.39. The monoisotopic (exact) mass is 591 g/mol. The van der Waals surface area contributed by atoms with Gasteiger partial charge >= 0.3 is 5.97 Å². The zero-order valence-electron chi connectivity index (χ0n) is 22.9.